The van der Waals surface area contributed by atoms with E-state index < -0.39 is 48.9 Å². The Kier molecular flexibility index (Phi) is 14.0. The number of rotatable bonds is 15. The average molecular weight is 1030 g/mol. The Hall–Kier alpha value is -2.31. The molecule has 0 spiro atoms. The van der Waals surface area contributed by atoms with Gasteiger partial charge in [0, 0.05) is 0 Å². The standard InChI is InChI=1S/3C16H23NOSi.Bi/c3*1-16(2,3)15(18-19(4)5)12-17-11-10-13-8-6-7-9-14(13)17;/h3*7-11,15H,12H2,1-5H3;. The molecule has 3 unspecified atom stereocenters. The van der Waals surface area contributed by atoms with Gasteiger partial charge in [0.15, 0.2) is 0 Å². The Morgan fingerprint density at radius 3 is 0.914 bits per heavy atom. The number of fused-ring (bicyclic) bond motifs is 3. The number of hydrogen-bond donors (Lipinski definition) is 0. The van der Waals surface area contributed by atoms with Crippen LogP contribution in [0, 0.1) is 16.2 Å². The zero-order chi connectivity index (χ0) is 42.3. The summed E-state index contributed by atoms with van der Waals surface area (Å²) >= 11 is -2.84. The van der Waals surface area contributed by atoms with Gasteiger partial charge in [-0.2, -0.15) is 0 Å². The van der Waals surface area contributed by atoms with Crippen molar-refractivity contribution < 1.29 is 13.3 Å². The molecule has 3 aromatic carbocycles. The van der Waals surface area contributed by atoms with E-state index in [0.29, 0.717) is 0 Å². The van der Waals surface area contributed by atoms with Gasteiger partial charge in [-0.1, -0.05) is 0 Å². The van der Waals surface area contributed by atoms with Gasteiger partial charge in [-0.25, -0.2) is 0 Å². The van der Waals surface area contributed by atoms with E-state index in [4.69, 9.17) is 13.3 Å². The monoisotopic (exact) mass is 1030 g/mol. The van der Waals surface area contributed by atoms with E-state index in [9.17, 15) is 0 Å². The van der Waals surface area contributed by atoms with Crippen molar-refractivity contribution in [2.75, 3.05) is 0 Å². The molecule has 58 heavy (non-hydrogen) atoms. The van der Waals surface area contributed by atoms with Crippen molar-refractivity contribution >= 4 is 91.4 Å². The van der Waals surface area contributed by atoms with Crippen molar-refractivity contribution in [3.8, 4) is 0 Å². The first-order valence-corrected chi connectivity index (χ1v) is 33.5. The molecule has 0 saturated carbocycles. The Balaban J connectivity index is 1.42. The van der Waals surface area contributed by atoms with Crippen LogP contribution in [0.25, 0.3) is 32.7 Å². The molecule has 0 aliphatic carbocycles. The molecule has 10 heteroatoms. The average Bonchev–Trinajstić information content (AvgIpc) is 3.82. The number of benzene rings is 3. The fourth-order valence-electron chi connectivity index (χ4n) is 7.76. The molecule has 0 aliphatic heterocycles. The van der Waals surface area contributed by atoms with Gasteiger partial charge in [-0.15, -0.1) is 0 Å². The van der Waals surface area contributed by atoms with Crippen LogP contribution >= 0.6 is 0 Å². The summed E-state index contributed by atoms with van der Waals surface area (Å²) in [4.78, 5) is 0. The third kappa shape index (κ3) is 10.8. The third-order valence-corrected chi connectivity index (χ3v) is 22.7. The van der Waals surface area contributed by atoms with Crippen molar-refractivity contribution in [3.05, 3.63) is 91.4 Å². The van der Waals surface area contributed by atoms with Crippen LogP contribution in [0.4, 0.5) is 0 Å². The van der Waals surface area contributed by atoms with Crippen LogP contribution in [0.2, 0.25) is 39.3 Å². The quantitative estimate of drug-likeness (QED) is 0.0963. The molecule has 6 rings (SSSR count). The SMILES string of the molecule is C[Si](C)OC(Cn1ccc2c[c]([Bi]([c]3ccc4c(ccn4CC(O[Si](C)C)C(C)(C)C)c3)[c]3ccc4c(ccn4CC(O[Si](C)C)C(C)(C)C)c3)ccc21)C(C)(C)C. The topological polar surface area (TPSA) is 42.5 Å². The molecule has 0 fully saturated rings. The Bertz CT molecular complexity index is 2050. The molecule has 0 amide bonds. The maximum atomic E-state index is 6.57. The molecule has 0 N–H and O–H groups in total. The molecular weight excluding hydrogens is 960 g/mol. The van der Waals surface area contributed by atoms with E-state index in [1.807, 2.05) is 0 Å². The molecule has 0 saturated heterocycles. The van der Waals surface area contributed by atoms with Gasteiger partial charge in [0.25, 0.3) is 0 Å². The number of hydrogen-bond acceptors (Lipinski definition) is 3. The Labute approximate surface area is 363 Å². The van der Waals surface area contributed by atoms with E-state index >= 15 is 0 Å². The number of nitrogens with zero attached hydrogens (tertiary/aromatic N) is 3. The van der Waals surface area contributed by atoms with Gasteiger partial charge in [-0.05, 0) is 0 Å². The second-order valence-electron chi connectivity index (χ2n) is 20.1. The Morgan fingerprint density at radius 1 is 0.431 bits per heavy atom. The summed E-state index contributed by atoms with van der Waals surface area (Å²) in [6.45, 7) is 36.7. The first-order valence-electron chi connectivity index (χ1n) is 21.1. The van der Waals surface area contributed by atoms with Crippen molar-refractivity contribution in [2.45, 2.75) is 140 Å². The van der Waals surface area contributed by atoms with Crippen LogP contribution in [0.1, 0.15) is 62.3 Å². The summed E-state index contributed by atoms with van der Waals surface area (Å²) < 4.78 is 31.5. The predicted molar refractivity (Wildman–Crippen MR) is 256 cm³/mol. The first-order chi connectivity index (χ1) is 27.1. The summed E-state index contributed by atoms with van der Waals surface area (Å²) in [5.74, 6) is 0. The van der Waals surface area contributed by atoms with Gasteiger partial charge in [0.05, 0.1) is 0 Å². The van der Waals surface area contributed by atoms with Gasteiger partial charge in [-0.3, -0.25) is 0 Å². The van der Waals surface area contributed by atoms with E-state index in [1.165, 1.54) is 42.5 Å². The van der Waals surface area contributed by atoms with Crippen LogP contribution < -0.4 is 9.81 Å². The molecular formula is C48H69BiN3O3Si3. The molecule has 311 valence electrons. The van der Waals surface area contributed by atoms with E-state index in [0.717, 1.165) is 19.6 Å². The maximum absolute atomic E-state index is 6.57. The van der Waals surface area contributed by atoms with Crippen LogP contribution in [0.5, 0.6) is 0 Å². The minimum absolute atomic E-state index is 0.0572. The van der Waals surface area contributed by atoms with Crippen LogP contribution in [-0.2, 0) is 32.9 Å². The zero-order valence-electron chi connectivity index (χ0n) is 38.0. The molecule has 6 nitrogen and oxygen atoms in total. The molecule has 6 aromatic rings. The molecule has 0 bridgehead atoms. The summed E-state index contributed by atoms with van der Waals surface area (Å²) in [5.41, 5.74) is 4.02. The van der Waals surface area contributed by atoms with Crippen molar-refractivity contribution in [1.29, 1.82) is 0 Å². The molecule has 3 heterocycles. The van der Waals surface area contributed by atoms with E-state index in [2.05, 4.69) is 207 Å². The Morgan fingerprint density at radius 2 is 0.690 bits per heavy atom. The van der Waals surface area contributed by atoms with Crippen LogP contribution in [0.15, 0.2) is 91.4 Å². The van der Waals surface area contributed by atoms with Crippen LogP contribution in [0.3, 0.4) is 0 Å². The second kappa shape index (κ2) is 18.0. The van der Waals surface area contributed by atoms with Crippen molar-refractivity contribution in [3.63, 3.8) is 0 Å². The molecule has 3 aromatic heterocycles. The number of aromatic nitrogens is 3. The fraction of sp³-hybridized carbons (Fsp3) is 0.500. The molecule has 3 radical (unpaired) electrons. The van der Waals surface area contributed by atoms with E-state index in [1.54, 1.807) is 0 Å². The van der Waals surface area contributed by atoms with Crippen molar-refractivity contribution in [2.24, 2.45) is 16.2 Å². The van der Waals surface area contributed by atoms with Gasteiger partial charge >= 0.3 is 366 Å². The summed E-state index contributed by atoms with van der Waals surface area (Å²) in [6, 6.07) is 29.0. The molecule has 0 aliphatic rings. The summed E-state index contributed by atoms with van der Waals surface area (Å²) in [5, 5.41) is 3.93. The summed E-state index contributed by atoms with van der Waals surface area (Å²) in [7, 11) is -2.49. The van der Waals surface area contributed by atoms with Crippen molar-refractivity contribution in [1.82, 2.24) is 13.7 Å². The fourth-order valence-corrected chi connectivity index (χ4v) is 20.0. The van der Waals surface area contributed by atoms with Gasteiger partial charge in [0.1, 0.15) is 0 Å². The zero-order valence-corrected chi connectivity index (χ0v) is 44.5. The van der Waals surface area contributed by atoms with E-state index in [-0.39, 0.29) is 34.6 Å². The van der Waals surface area contributed by atoms with Gasteiger partial charge < -0.3 is 0 Å². The second-order valence-corrected chi connectivity index (χ2v) is 34.9. The first kappa shape index (κ1) is 45.2. The predicted octanol–water partition coefficient (Wildman–Crippen LogP) is 10.1. The van der Waals surface area contributed by atoms with Gasteiger partial charge in [0.2, 0.25) is 0 Å². The van der Waals surface area contributed by atoms with Crippen LogP contribution in [-0.4, -0.2) is 80.9 Å². The minimum atomic E-state index is -2.84. The summed E-state index contributed by atoms with van der Waals surface area (Å²) in [6.07, 6.45) is 7.29. The molecule has 3 atom stereocenters. The normalized spacial score (nSPS) is 14.9. The third-order valence-electron chi connectivity index (χ3n) is 11.2.